The zero-order valence-corrected chi connectivity index (χ0v) is 15.8. The number of ether oxygens (including phenoxy) is 1. The fourth-order valence-corrected chi connectivity index (χ4v) is 4.21. The Bertz CT molecular complexity index is 865. The molecule has 1 spiro atoms. The van der Waals surface area contributed by atoms with Crippen molar-refractivity contribution in [2.45, 2.75) is 31.3 Å². The predicted molar refractivity (Wildman–Crippen MR) is 102 cm³/mol. The summed E-state index contributed by atoms with van der Waals surface area (Å²) in [4.78, 5) is 17.0. The highest BCUT2D eigenvalue weighted by molar-refractivity contribution is 5.93. The number of likely N-dealkylation sites (tertiary alicyclic amines) is 1. The average molecular weight is 405 g/mol. The van der Waals surface area contributed by atoms with Gasteiger partial charge in [-0.1, -0.05) is 30.3 Å². The molecule has 0 radical (unpaired) electrons. The number of piperidine rings is 1. The Morgan fingerprint density at radius 1 is 1.03 bits per heavy atom. The van der Waals surface area contributed by atoms with Crippen LogP contribution in [-0.4, -0.2) is 42.5 Å². The number of nitrogens with zero attached hydrogens (tertiary/aromatic N) is 2. The number of benzene rings is 2. The number of alkyl halides is 3. The maximum atomic E-state index is 12.7. The van der Waals surface area contributed by atoms with Crippen LogP contribution in [0.15, 0.2) is 54.6 Å². The second-order valence-electron chi connectivity index (χ2n) is 7.43. The molecule has 0 aromatic heterocycles. The maximum absolute atomic E-state index is 12.7. The van der Waals surface area contributed by atoms with E-state index in [-0.39, 0.29) is 11.7 Å². The number of halogens is 3. The van der Waals surface area contributed by atoms with E-state index in [9.17, 15) is 18.0 Å². The third-order valence-electron chi connectivity index (χ3n) is 5.63. The number of rotatable bonds is 4. The number of amides is 1. The van der Waals surface area contributed by atoms with Crippen molar-refractivity contribution in [2.24, 2.45) is 0 Å². The van der Waals surface area contributed by atoms with E-state index in [1.54, 1.807) is 12.1 Å². The van der Waals surface area contributed by atoms with Gasteiger partial charge in [-0.2, -0.15) is 0 Å². The molecule has 1 N–H and O–H groups in total. The number of para-hydroxylation sites is 1. The number of carbonyl (C=O) groups is 1. The van der Waals surface area contributed by atoms with E-state index >= 15 is 0 Å². The highest BCUT2D eigenvalue weighted by Gasteiger charge is 2.50. The number of anilines is 1. The van der Waals surface area contributed by atoms with Gasteiger partial charge in [-0.25, -0.2) is 0 Å². The van der Waals surface area contributed by atoms with E-state index in [0.29, 0.717) is 39.1 Å². The van der Waals surface area contributed by atoms with Crippen molar-refractivity contribution in [1.82, 2.24) is 10.2 Å². The monoisotopic (exact) mass is 405 g/mol. The maximum Gasteiger partial charge on any atom is 0.573 e. The molecular formula is C21H22F3N3O2. The molecule has 2 aliphatic rings. The average Bonchev–Trinajstić information content (AvgIpc) is 2.99. The van der Waals surface area contributed by atoms with Gasteiger partial charge in [0, 0.05) is 25.3 Å². The van der Waals surface area contributed by atoms with Gasteiger partial charge < -0.3 is 15.0 Å². The lowest BCUT2D eigenvalue weighted by Crippen LogP contribution is -2.56. The van der Waals surface area contributed by atoms with Gasteiger partial charge >= 0.3 is 6.36 Å². The van der Waals surface area contributed by atoms with Crippen LogP contribution in [0.5, 0.6) is 5.75 Å². The van der Waals surface area contributed by atoms with Gasteiger partial charge in [-0.3, -0.25) is 9.69 Å². The molecule has 0 saturated carbocycles. The van der Waals surface area contributed by atoms with Crippen molar-refractivity contribution < 1.29 is 22.7 Å². The summed E-state index contributed by atoms with van der Waals surface area (Å²) in [6, 6.07) is 15.9. The minimum absolute atomic E-state index is 0.0431. The lowest BCUT2D eigenvalue weighted by Gasteiger charge is -2.43. The molecule has 0 unspecified atom stereocenters. The van der Waals surface area contributed by atoms with E-state index in [0.717, 1.165) is 11.3 Å². The molecule has 2 saturated heterocycles. The Morgan fingerprint density at radius 3 is 2.45 bits per heavy atom. The minimum Gasteiger partial charge on any atom is -0.406 e. The smallest absolute Gasteiger partial charge is 0.406 e. The first kappa shape index (κ1) is 19.6. The predicted octanol–water partition coefficient (Wildman–Crippen LogP) is 3.51. The molecule has 1 amide bonds. The molecule has 4 rings (SSSR count). The number of carbonyl (C=O) groups excluding carboxylic acids is 1. The topological polar surface area (TPSA) is 44.8 Å². The summed E-state index contributed by atoms with van der Waals surface area (Å²) >= 11 is 0. The first-order chi connectivity index (χ1) is 13.9. The fraction of sp³-hybridized carbons (Fsp3) is 0.381. The molecule has 5 nitrogen and oxygen atoms in total. The van der Waals surface area contributed by atoms with Crippen molar-refractivity contribution in [3.05, 3.63) is 60.2 Å². The summed E-state index contributed by atoms with van der Waals surface area (Å²) in [7, 11) is 0. The summed E-state index contributed by atoms with van der Waals surface area (Å²) in [5, 5.41) is 2.97. The first-order valence-corrected chi connectivity index (χ1v) is 9.54. The van der Waals surface area contributed by atoms with Crippen LogP contribution in [0.1, 0.15) is 18.4 Å². The van der Waals surface area contributed by atoms with Crippen LogP contribution in [-0.2, 0) is 11.3 Å². The third-order valence-corrected chi connectivity index (χ3v) is 5.63. The second kappa shape index (κ2) is 7.59. The molecule has 2 heterocycles. The second-order valence-corrected chi connectivity index (χ2v) is 7.43. The zero-order valence-electron chi connectivity index (χ0n) is 15.8. The molecule has 0 atom stereocenters. The highest BCUT2D eigenvalue weighted by Crippen LogP contribution is 2.36. The van der Waals surface area contributed by atoms with Crippen LogP contribution in [0.25, 0.3) is 0 Å². The lowest BCUT2D eigenvalue weighted by molar-refractivity contribution is -0.274. The molecular weight excluding hydrogens is 383 g/mol. The van der Waals surface area contributed by atoms with Crippen molar-refractivity contribution in [3.63, 3.8) is 0 Å². The van der Waals surface area contributed by atoms with Crippen LogP contribution in [0.4, 0.5) is 18.9 Å². The highest BCUT2D eigenvalue weighted by atomic mass is 19.4. The van der Waals surface area contributed by atoms with Crippen LogP contribution in [0.3, 0.4) is 0 Å². The molecule has 154 valence electrons. The Labute approximate surface area is 167 Å². The SMILES string of the molecule is O=C1NCN(c2ccccc2)C12CCN(Cc1cccc(OC(F)(F)F)c1)CC2. The summed E-state index contributed by atoms with van der Waals surface area (Å²) in [6.07, 6.45) is -3.38. The zero-order chi connectivity index (χ0) is 20.5. The van der Waals surface area contributed by atoms with Crippen LogP contribution < -0.4 is 15.0 Å². The minimum atomic E-state index is -4.70. The quantitative estimate of drug-likeness (QED) is 0.846. The molecule has 2 aliphatic heterocycles. The number of nitrogens with one attached hydrogen (secondary N) is 1. The van der Waals surface area contributed by atoms with E-state index < -0.39 is 11.9 Å². The summed E-state index contributed by atoms with van der Waals surface area (Å²) in [5.41, 5.74) is 1.19. The lowest BCUT2D eigenvalue weighted by atomic mass is 9.85. The Balaban J connectivity index is 1.43. The van der Waals surface area contributed by atoms with Gasteiger partial charge in [0.25, 0.3) is 0 Å². The van der Waals surface area contributed by atoms with Crippen molar-refractivity contribution >= 4 is 11.6 Å². The molecule has 0 bridgehead atoms. The summed E-state index contributed by atoms with van der Waals surface area (Å²) in [5.74, 6) is -0.171. The van der Waals surface area contributed by atoms with Gasteiger partial charge in [0.05, 0.1) is 6.67 Å². The Morgan fingerprint density at radius 2 is 1.76 bits per heavy atom. The molecule has 2 aromatic carbocycles. The molecule has 8 heteroatoms. The summed E-state index contributed by atoms with van der Waals surface area (Å²) in [6.45, 7) is 2.36. The van der Waals surface area contributed by atoms with Crippen molar-refractivity contribution in [3.8, 4) is 5.75 Å². The standard InChI is InChI=1S/C21H22F3N3O2/c22-21(23,24)29-18-8-4-5-16(13-18)14-26-11-9-20(10-12-26)19(28)25-15-27(20)17-6-2-1-3-7-17/h1-8,13H,9-12,14-15H2,(H,25,28). The van der Waals surface area contributed by atoms with Gasteiger partial charge in [0.2, 0.25) is 5.91 Å². The van der Waals surface area contributed by atoms with Gasteiger partial charge in [-0.15, -0.1) is 13.2 Å². The van der Waals surface area contributed by atoms with Crippen molar-refractivity contribution in [1.29, 1.82) is 0 Å². The normalized spacial score (nSPS) is 19.4. The first-order valence-electron chi connectivity index (χ1n) is 9.54. The molecule has 29 heavy (non-hydrogen) atoms. The van der Waals surface area contributed by atoms with Crippen molar-refractivity contribution in [2.75, 3.05) is 24.7 Å². The molecule has 2 aromatic rings. The molecule has 2 fully saturated rings. The van der Waals surface area contributed by atoms with E-state index in [4.69, 9.17) is 0 Å². The molecule has 0 aliphatic carbocycles. The van der Waals surface area contributed by atoms with E-state index in [2.05, 4.69) is 19.9 Å². The van der Waals surface area contributed by atoms with Gasteiger partial charge in [0.15, 0.2) is 0 Å². The Kier molecular flexibility index (Phi) is 5.12. The van der Waals surface area contributed by atoms with E-state index in [1.165, 1.54) is 12.1 Å². The van der Waals surface area contributed by atoms with E-state index in [1.807, 2.05) is 30.3 Å². The number of hydrogen-bond donors (Lipinski definition) is 1. The van der Waals surface area contributed by atoms with Crippen LogP contribution >= 0.6 is 0 Å². The van der Waals surface area contributed by atoms with Gasteiger partial charge in [-0.05, 0) is 42.7 Å². The van der Waals surface area contributed by atoms with Crippen LogP contribution in [0, 0.1) is 0 Å². The fourth-order valence-electron chi connectivity index (χ4n) is 4.21. The third kappa shape index (κ3) is 4.17. The summed E-state index contributed by atoms with van der Waals surface area (Å²) < 4.78 is 41.3. The van der Waals surface area contributed by atoms with Gasteiger partial charge in [0.1, 0.15) is 11.3 Å². The van der Waals surface area contributed by atoms with Crippen LogP contribution in [0.2, 0.25) is 0 Å². The largest absolute Gasteiger partial charge is 0.573 e. The Hall–Kier alpha value is -2.74. The number of hydrogen-bond acceptors (Lipinski definition) is 4.